The molecule has 0 aromatic heterocycles. The summed E-state index contributed by atoms with van der Waals surface area (Å²) in [7, 11) is -14.2. The smallest absolute Gasteiger partial charge is 0.388 e. The third-order valence-corrected chi connectivity index (χ3v) is 6.08. The van der Waals surface area contributed by atoms with E-state index in [2.05, 4.69) is 8.37 Å². The van der Waals surface area contributed by atoms with E-state index < -0.39 is 93.3 Å². The van der Waals surface area contributed by atoms with E-state index in [-0.39, 0.29) is 12.9 Å². The van der Waals surface area contributed by atoms with Gasteiger partial charge in [0.2, 0.25) is 0 Å². The zero-order chi connectivity index (χ0) is 28.6. The SMILES string of the molecule is CCCOC(C=O)[C@H](O[C@H]1OC(COS(=O)(=O)O)[C@@H](OC)[C@@H](O)C1NS(=O)(=O)O)[C@@H](O)COS(=O)(=O)O. The van der Waals surface area contributed by atoms with Gasteiger partial charge in [0.15, 0.2) is 12.6 Å². The largest absolute Gasteiger partial charge is 0.397 e. The Kier molecular flexibility index (Phi) is 13.3. The van der Waals surface area contributed by atoms with Gasteiger partial charge in [0.1, 0.15) is 42.7 Å². The van der Waals surface area contributed by atoms with Crippen LogP contribution in [0.15, 0.2) is 0 Å². The van der Waals surface area contributed by atoms with E-state index >= 15 is 0 Å². The number of hydrogen-bond acceptors (Lipinski definition) is 15. The van der Waals surface area contributed by atoms with Gasteiger partial charge in [-0.05, 0) is 6.42 Å². The van der Waals surface area contributed by atoms with Crippen molar-refractivity contribution >= 4 is 37.4 Å². The zero-order valence-electron chi connectivity index (χ0n) is 19.3. The lowest BCUT2D eigenvalue weighted by atomic mass is 9.97. The lowest BCUT2D eigenvalue weighted by Crippen LogP contribution is -2.66. The van der Waals surface area contributed by atoms with Gasteiger partial charge in [0, 0.05) is 13.7 Å². The molecule has 1 aliphatic rings. The Morgan fingerprint density at radius 2 is 1.65 bits per heavy atom. The van der Waals surface area contributed by atoms with Gasteiger partial charge in [0.05, 0.1) is 13.2 Å². The number of methoxy groups -OCH3 is 1. The third-order valence-electron chi connectivity index (χ3n) is 4.64. The molecule has 0 aromatic rings. The van der Waals surface area contributed by atoms with Crippen molar-refractivity contribution in [1.82, 2.24) is 4.72 Å². The number of ether oxygens (including phenoxy) is 4. The fourth-order valence-electron chi connectivity index (χ4n) is 3.17. The molecule has 1 heterocycles. The summed E-state index contributed by atoms with van der Waals surface area (Å²) >= 11 is 0. The molecular formula is C15H29NO18S3. The molecule has 8 atom stereocenters. The van der Waals surface area contributed by atoms with E-state index in [0.717, 1.165) is 7.11 Å². The van der Waals surface area contributed by atoms with E-state index in [4.69, 9.17) is 28.1 Å². The van der Waals surface area contributed by atoms with Gasteiger partial charge in [-0.25, -0.2) is 8.37 Å². The molecule has 0 spiro atoms. The number of carbonyl (C=O) groups excluding carboxylic acids is 1. The standard InChI is InChI=1S/C15H29NO18S3/c1-3-4-30-9(5-17)13(8(18)6-31-36(23,24)25)34-15-11(16-35(20,21)22)12(19)14(29-2)10(33-15)7-32-37(26,27)28/h5,8-16,18-19H,3-4,6-7H2,1-2H3,(H,20,21,22)(H,23,24,25)(H,26,27,28)/t8-,9?,10?,11?,12-,13+,14+,15+/m0/s1. The molecule has 0 radical (unpaired) electrons. The summed E-state index contributed by atoms with van der Waals surface area (Å²) in [6.07, 6.45) is -12.5. The highest BCUT2D eigenvalue weighted by Gasteiger charge is 2.50. The number of rotatable bonds is 17. The minimum absolute atomic E-state index is 0.0907. The van der Waals surface area contributed by atoms with E-state index in [1.54, 1.807) is 11.6 Å². The summed E-state index contributed by atoms with van der Waals surface area (Å²) in [5.74, 6) is 0. The normalized spacial score (nSPS) is 27.9. The first kappa shape index (κ1) is 34.1. The molecule has 1 rings (SSSR count). The van der Waals surface area contributed by atoms with Crippen molar-refractivity contribution < 1.29 is 81.2 Å². The van der Waals surface area contributed by atoms with E-state index in [0.29, 0.717) is 6.42 Å². The van der Waals surface area contributed by atoms with Crippen molar-refractivity contribution in [3.8, 4) is 0 Å². The highest BCUT2D eigenvalue weighted by Crippen LogP contribution is 2.27. The summed E-state index contributed by atoms with van der Waals surface area (Å²) in [5.41, 5.74) is 0. The number of aliphatic hydroxyl groups excluding tert-OH is 2. The molecule has 0 aromatic carbocycles. The summed E-state index contributed by atoms with van der Waals surface area (Å²) in [4.78, 5) is 11.6. The number of nitrogens with one attached hydrogen (secondary N) is 1. The molecular weight excluding hydrogens is 578 g/mol. The van der Waals surface area contributed by atoms with E-state index in [9.17, 15) is 44.8 Å². The van der Waals surface area contributed by atoms with E-state index in [1.807, 2.05) is 0 Å². The molecule has 0 saturated carbocycles. The van der Waals surface area contributed by atoms with Gasteiger partial charge in [-0.2, -0.15) is 30.0 Å². The zero-order valence-corrected chi connectivity index (χ0v) is 21.7. The van der Waals surface area contributed by atoms with Gasteiger partial charge in [0.25, 0.3) is 0 Å². The van der Waals surface area contributed by atoms with Crippen LogP contribution in [0, 0.1) is 0 Å². The van der Waals surface area contributed by atoms with Crippen molar-refractivity contribution in [3.63, 3.8) is 0 Å². The minimum Gasteiger partial charge on any atom is -0.388 e. The van der Waals surface area contributed by atoms with Crippen molar-refractivity contribution in [1.29, 1.82) is 0 Å². The summed E-state index contributed by atoms with van der Waals surface area (Å²) in [6.45, 7) is -0.667. The lowest BCUT2D eigenvalue weighted by molar-refractivity contribution is -0.298. The highest BCUT2D eigenvalue weighted by atomic mass is 32.3. The van der Waals surface area contributed by atoms with Crippen LogP contribution in [0.1, 0.15) is 13.3 Å². The molecule has 1 aliphatic heterocycles. The van der Waals surface area contributed by atoms with Crippen LogP contribution in [0.5, 0.6) is 0 Å². The number of carbonyl (C=O) groups is 1. The van der Waals surface area contributed by atoms with Crippen LogP contribution in [-0.4, -0.2) is 131 Å². The molecule has 22 heteroatoms. The predicted octanol–water partition coefficient (Wildman–Crippen LogP) is -3.77. The molecule has 220 valence electrons. The summed E-state index contributed by atoms with van der Waals surface area (Å²) in [5, 5.41) is 21.1. The second-order valence-electron chi connectivity index (χ2n) is 7.42. The van der Waals surface area contributed by atoms with Gasteiger partial charge >= 0.3 is 31.1 Å². The Morgan fingerprint density at radius 1 is 1.05 bits per heavy atom. The van der Waals surface area contributed by atoms with Crippen LogP contribution in [-0.2, 0) is 63.2 Å². The molecule has 3 unspecified atom stereocenters. The first-order valence-electron chi connectivity index (χ1n) is 10.2. The topological polar surface area (TPSA) is 288 Å². The highest BCUT2D eigenvalue weighted by molar-refractivity contribution is 7.83. The van der Waals surface area contributed by atoms with Crippen LogP contribution >= 0.6 is 0 Å². The Morgan fingerprint density at radius 3 is 2.11 bits per heavy atom. The van der Waals surface area contributed by atoms with Crippen LogP contribution in [0.3, 0.4) is 0 Å². The molecule has 0 aliphatic carbocycles. The molecule has 0 amide bonds. The average molecular weight is 608 g/mol. The van der Waals surface area contributed by atoms with Crippen molar-refractivity contribution in [2.24, 2.45) is 0 Å². The third kappa shape index (κ3) is 12.2. The Balaban J connectivity index is 3.41. The Hall–Kier alpha value is -0.960. The number of aliphatic hydroxyl groups is 2. The maximum atomic E-state index is 11.6. The van der Waals surface area contributed by atoms with Gasteiger partial charge in [-0.1, -0.05) is 6.92 Å². The van der Waals surface area contributed by atoms with Crippen molar-refractivity contribution in [3.05, 3.63) is 0 Å². The maximum Gasteiger partial charge on any atom is 0.397 e. The van der Waals surface area contributed by atoms with Crippen molar-refractivity contribution in [2.45, 2.75) is 62.3 Å². The second-order valence-corrected chi connectivity index (χ2v) is 10.8. The lowest BCUT2D eigenvalue weighted by Gasteiger charge is -2.45. The van der Waals surface area contributed by atoms with Crippen LogP contribution in [0.2, 0.25) is 0 Å². The molecule has 1 fully saturated rings. The first-order chi connectivity index (χ1) is 16.9. The quantitative estimate of drug-likeness (QED) is 0.0683. The molecule has 1 saturated heterocycles. The predicted molar refractivity (Wildman–Crippen MR) is 116 cm³/mol. The Bertz CT molecular complexity index is 1030. The first-order valence-corrected chi connectivity index (χ1v) is 14.3. The molecule has 19 nitrogen and oxygen atoms in total. The minimum atomic E-state index is -5.09. The molecule has 6 N–H and O–H groups in total. The summed E-state index contributed by atoms with van der Waals surface area (Å²) in [6, 6.07) is -1.96. The number of hydrogen-bond donors (Lipinski definition) is 6. The van der Waals surface area contributed by atoms with Crippen molar-refractivity contribution in [2.75, 3.05) is 26.9 Å². The van der Waals surface area contributed by atoms with Crippen LogP contribution in [0.25, 0.3) is 0 Å². The van der Waals surface area contributed by atoms with Gasteiger partial charge in [-0.3, -0.25) is 13.7 Å². The monoisotopic (exact) mass is 607 g/mol. The summed E-state index contributed by atoms with van der Waals surface area (Å²) < 4.78 is 124. The second kappa shape index (κ2) is 14.4. The fraction of sp³-hybridized carbons (Fsp3) is 0.933. The van der Waals surface area contributed by atoms with Crippen LogP contribution < -0.4 is 4.72 Å². The molecule has 37 heavy (non-hydrogen) atoms. The Labute approximate surface area is 212 Å². The number of aldehydes is 1. The van der Waals surface area contributed by atoms with Gasteiger partial charge < -0.3 is 34.0 Å². The van der Waals surface area contributed by atoms with Gasteiger partial charge in [-0.15, -0.1) is 0 Å². The fourth-order valence-corrected chi connectivity index (χ4v) is 4.38. The maximum absolute atomic E-state index is 11.6. The van der Waals surface area contributed by atoms with E-state index in [1.165, 1.54) is 0 Å². The average Bonchev–Trinajstić information content (AvgIpc) is 2.76. The van der Waals surface area contributed by atoms with Crippen LogP contribution in [0.4, 0.5) is 0 Å². The molecule has 0 bridgehead atoms.